The smallest absolute Gasteiger partial charge is 0.416 e. The minimum atomic E-state index is -4.41. The molecular weight excluding hydrogens is 483 g/mol. The maximum Gasteiger partial charge on any atom is 0.416 e. The van der Waals surface area contributed by atoms with Crippen LogP contribution in [0, 0.1) is 13.8 Å². The number of halogens is 3. The molecule has 2 heterocycles. The van der Waals surface area contributed by atoms with Gasteiger partial charge in [0.15, 0.2) is 0 Å². The van der Waals surface area contributed by atoms with Crippen LogP contribution in [-0.2, 0) is 12.7 Å². The van der Waals surface area contributed by atoms with Crippen LogP contribution in [0.1, 0.15) is 52.0 Å². The first-order valence-electron chi connectivity index (χ1n) is 12.4. The summed E-state index contributed by atoms with van der Waals surface area (Å²) in [6, 6.07) is 8.71. The van der Waals surface area contributed by atoms with Gasteiger partial charge in [-0.25, -0.2) is 0 Å². The van der Waals surface area contributed by atoms with Crippen LogP contribution in [0.4, 0.5) is 13.2 Å². The van der Waals surface area contributed by atoms with Crippen LogP contribution in [-0.4, -0.2) is 63.5 Å². The van der Waals surface area contributed by atoms with E-state index in [0.717, 1.165) is 29.9 Å². The number of amides is 1. The number of carbonyl (C=O) groups is 1. The fourth-order valence-corrected chi connectivity index (χ4v) is 4.67. The average Bonchev–Trinajstić information content (AvgIpc) is 3.41. The highest BCUT2D eigenvalue weighted by molar-refractivity contribution is 5.94. The molecule has 198 valence electrons. The number of alkyl halides is 3. The van der Waals surface area contributed by atoms with E-state index in [-0.39, 0.29) is 17.5 Å². The van der Waals surface area contributed by atoms with Gasteiger partial charge in [0.25, 0.3) is 5.91 Å². The van der Waals surface area contributed by atoms with Gasteiger partial charge in [-0.3, -0.25) is 9.69 Å². The molecule has 0 bridgehead atoms. The lowest BCUT2D eigenvalue weighted by Gasteiger charge is -2.39. The average molecular weight is 516 g/mol. The van der Waals surface area contributed by atoms with E-state index in [1.807, 2.05) is 6.07 Å². The summed E-state index contributed by atoms with van der Waals surface area (Å²) < 4.78 is 44.5. The number of piperazine rings is 1. The van der Waals surface area contributed by atoms with E-state index in [1.165, 1.54) is 23.3 Å². The van der Waals surface area contributed by atoms with Crippen molar-refractivity contribution in [2.75, 3.05) is 32.8 Å². The van der Waals surface area contributed by atoms with E-state index in [2.05, 4.69) is 41.9 Å². The number of ether oxygens (including phenoxy) is 1. The third-order valence-corrected chi connectivity index (χ3v) is 7.06. The van der Waals surface area contributed by atoms with E-state index in [9.17, 15) is 18.0 Å². The van der Waals surface area contributed by atoms with Gasteiger partial charge in [0, 0.05) is 44.2 Å². The summed E-state index contributed by atoms with van der Waals surface area (Å²) in [5.41, 5.74) is 3.03. The van der Waals surface area contributed by atoms with Gasteiger partial charge >= 0.3 is 6.18 Å². The summed E-state index contributed by atoms with van der Waals surface area (Å²) in [5.74, 6) is 0.631. The third-order valence-electron chi connectivity index (χ3n) is 7.06. The zero-order chi connectivity index (χ0) is 26.6. The van der Waals surface area contributed by atoms with Crippen molar-refractivity contribution in [3.63, 3.8) is 0 Å². The van der Waals surface area contributed by atoms with E-state index in [4.69, 9.17) is 4.74 Å². The molecule has 3 aromatic rings. The number of nitrogens with zero attached hydrogens (tertiary/aromatic N) is 5. The second-order valence-electron chi connectivity index (χ2n) is 9.31. The summed E-state index contributed by atoms with van der Waals surface area (Å²) in [6.07, 6.45) is -0.292. The maximum atomic E-state index is 12.8. The molecule has 4 rings (SSSR count). The topological polar surface area (TPSA) is 63.5 Å². The van der Waals surface area contributed by atoms with Crippen LogP contribution in [0.25, 0.3) is 0 Å². The van der Waals surface area contributed by atoms with Gasteiger partial charge in [-0.05, 0) is 67.8 Å². The number of rotatable bonds is 8. The summed E-state index contributed by atoms with van der Waals surface area (Å²) in [4.78, 5) is 18.5. The molecule has 2 aromatic carbocycles. The van der Waals surface area contributed by atoms with Crippen molar-refractivity contribution in [2.24, 2.45) is 0 Å². The molecule has 1 aliphatic heterocycles. The van der Waals surface area contributed by atoms with Crippen LogP contribution in [0.5, 0.6) is 5.75 Å². The number of benzene rings is 2. The predicted octanol–water partition coefficient (Wildman–Crippen LogP) is 4.90. The number of carbonyl (C=O) groups excluding carboxylic acids is 1. The molecule has 0 radical (unpaired) electrons. The molecule has 0 aliphatic carbocycles. The molecular formula is C27H32F3N5O2. The van der Waals surface area contributed by atoms with Gasteiger partial charge in [0.1, 0.15) is 5.75 Å². The maximum absolute atomic E-state index is 12.8. The normalized spacial score (nSPS) is 15.6. The van der Waals surface area contributed by atoms with Crippen molar-refractivity contribution in [1.82, 2.24) is 24.8 Å². The number of aryl methyl sites for hydroxylation is 1. The summed E-state index contributed by atoms with van der Waals surface area (Å²) in [7, 11) is 0. The molecule has 1 fully saturated rings. The Morgan fingerprint density at radius 1 is 0.973 bits per heavy atom. The number of hydrogen-bond acceptors (Lipinski definition) is 5. The SMILES string of the molecule is Cc1c(OCCCn2nccn2)ccc([C@@H](C)N2CCN(C(=O)c3ccc(C(F)(F)F)cc3)CC2)c1C. The van der Waals surface area contributed by atoms with Crippen LogP contribution >= 0.6 is 0 Å². The zero-order valence-corrected chi connectivity index (χ0v) is 21.3. The minimum Gasteiger partial charge on any atom is -0.493 e. The first kappa shape index (κ1) is 26.7. The first-order chi connectivity index (χ1) is 17.6. The molecule has 10 heteroatoms. The molecule has 0 saturated carbocycles. The standard InChI is InChI=1S/C27H32F3N5O2/c1-19-20(2)25(37-18-4-13-35-31-11-12-32-35)10-9-24(19)21(3)33-14-16-34(17-15-33)26(36)22-5-7-23(8-6-22)27(28,29)30/h5-12,21H,4,13-18H2,1-3H3/t21-/m1/s1. The molecule has 1 aliphatic rings. The Labute approximate surface area is 214 Å². The highest BCUT2D eigenvalue weighted by Crippen LogP contribution is 2.32. The Morgan fingerprint density at radius 2 is 1.62 bits per heavy atom. The third kappa shape index (κ3) is 6.30. The summed E-state index contributed by atoms with van der Waals surface area (Å²) >= 11 is 0. The Balaban J connectivity index is 1.31. The molecule has 37 heavy (non-hydrogen) atoms. The highest BCUT2D eigenvalue weighted by Gasteiger charge is 2.31. The van der Waals surface area contributed by atoms with E-state index < -0.39 is 11.7 Å². The van der Waals surface area contributed by atoms with Crippen LogP contribution in [0.3, 0.4) is 0 Å². The highest BCUT2D eigenvalue weighted by atomic mass is 19.4. The Hall–Kier alpha value is -3.40. The fraction of sp³-hybridized carbons (Fsp3) is 0.444. The minimum absolute atomic E-state index is 0.155. The van der Waals surface area contributed by atoms with Crippen molar-refractivity contribution < 1.29 is 22.7 Å². The van der Waals surface area contributed by atoms with E-state index >= 15 is 0 Å². The van der Waals surface area contributed by atoms with Crippen molar-refractivity contribution in [3.05, 3.63) is 76.6 Å². The predicted molar refractivity (Wildman–Crippen MR) is 133 cm³/mol. The van der Waals surface area contributed by atoms with Gasteiger partial charge in [0.05, 0.1) is 31.1 Å². The lowest BCUT2D eigenvalue weighted by Crippen LogP contribution is -2.49. The molecule has 1 aromatic heterocycles. The quantitative estimate of drug-likeness (QED) is 0.400. The van der Waals surface area contributed by atoms with Gasteiger partial charge in [-0.1, -0.05) is 6.07 Å². The molecule has 7 nitrogen and oxygen atoms in total. The Bertz CT molecular complexity index is 1190. The molecule has 0 unspecified atom stereocenters. The lowest BCUT2D eigenvalue weighted by atomic mass is 9.96. The van der Waals surface area contributed by atoms with Crippen molar-refractivity contribution in [2.45, 2.75) is 46.0 Å². The van der Waals surface area contributed by atoms with Gasteiger partial charge < -0.3 is 9.64 Å². The largest absolute Gasteiger partial charge is 0.493 e. The summed E-state index contributed by atoms with van der Waals surface area (Å²) in [6.45, 7) is 10.0. The van der Waals surface area contributed by atoms with Crippen molar-refractivity contribution in [3.8, 4) is 5.75 Å². The lowest BCUT2D eigenvalue weighted by molar-refractivity contribution is -0.137. The Kier molecular flexibility index (Phi) is 8.16. The van der Waals surface area contributed by atoms with E-state index in [0.29, 0.717) is 39.3 Å². The van der Waals surface area contributed by atoms with Gasteiger partial charge in [-0.2, -0.15) is 28.2 Å². The van der Waals surface area contributed by atoms with Gasteiger partial charge in [-0.15, -0.1) is 0 Å². The first-order valence-corrected chi connectivity index (χ1v) is 12.4. The molecule has 0 spiro atoms. The van der Waals surface area contributed by atoms with Crippen molar-refractivity contribution >= 4 is 5.91 Å². The Morgan fingerprint density at radius 3 is 2.24 bits per heavy atom. The van der Waals surface area contributed by atoms with Crippen LogP contribution < -0.4 is 4.74 Å². The number of hydrogen-bond donors (Lipinski definition) is 0. The second kappa shape index (κ2) is 11.3. The molecule has 1 atom stereocenters. The molecule has 0 N–H and O–H groups in total. The van der Waals surface area contributed by atoms with Crippen LogP contribution in [0.15, 0.2) is 48.8 Å². The molecule has 1 saturated heterocycles. The zero-order valence-electron chi connectivity index (χ0n) is 21.3. The van der Waals surface area contributed by atoms with Crippen LogP contribution in [0.2, 0.25) is 0 Å². The number of aromatic nitrogens is 3. The monoisotopic (exact) mass is 515 g/mol. The second-order valence-corrected chi connectivity index (χ2v) is 9.31. The molecule has 1 amide bonds. The summed E-state index contributed by atoms with van der Waals surface area (Å²) in [5, 5.41) is 8.19. The van der Waals surface area contributed by atoms with E-state index in [1.54, 1.807) is 22.1 Å². The fourth-order valence-electron chi connectivity index (χ4n) is 4.67. The van der Waals surface area contributed by atoms with Crippen molar-refractivity contribution in [1.29, 1.82) is 0 Å². The van der Waals surface area contributed by atoms with Gasteiger partial charge in [0.2, 0.25) is 0 Å².